The van der Waals surface area contributed by atoms with Gasteiger partial charge in [0.05, 0.1) is 39.0 Å². The number of alkyl halides is 3. The Labute approximate surface area is 217 Å². The van der Waals surface area contributed by atoms with Gasteiger partial charge >= 0.3 is 6.18 Å². The van der Waals surface area contributed by atoms with Crippen LogP contribution in [0.15, 0.2) is 36.4 Å². The van der Waals surface area contributed by atoms with Gasteiger partial charge in [-0.15, -0.1) is 0 Å². The predicted molar refractivity (Wildman–Crippen MR) is 127 cm³/mol. The van der Waals surface area contributed by atoms with Gasteiger partial charge in [0.25, 0.3) is 5.69 Å². The van der Waals surface area contributed by atoms with E-state index in [-0.39, 0.29) is 52.5 Å². The minimum Gasteiger partial charge on any atom is -0.455 e. The minimum atomic E-state index is -4.72. The molecule has 1 aliphatic rings. The van der Waals surface area contributed by atoms with Crippen LogP contribution in [0.3, 0.4) is 0 Å². The van der Waals surface area contributed by atoms with Crippen molar-refractivity contribution in [3.8, 4) is 11.5 Å². The normalized spacial score (nSPS) is 13.5. The number of benzene rings is 2. The summed E-state index contributed by atoms with van der Waals surface area (Å²) in [6, 6.07) is 8.04. The number of nitrogens with zero attached hydrogens (tertiary/aromatic N) is 3. The van der Waals surface area contributed by atoms with Crippen LogP contribution in [-0.4, -0.2) is 20.6 Å². The zero-order chi connectivity index (χ0) is 26.2. The van der Waals surface area contributed by atoms with E-state index >= 15 is 0 Å². The number of nitrogens with one attached hydrogen (secondary N) is 1. The summed E-state index contributed by atoms with van der Waals surface area (Å²) in [4.78, 5) is 23.3. The third kappa shape index (κ3) is 6.03. The van der Waals surface area contributed by atoms with Crippen molar-refractivity contribution in [3.63, 3.8) is 0 Å². The molecule has 3 aromatic rings. The van der Waals surface area contributed by atoms with Crippen LogP contribution in [-0.2, 0) is 17.5 Å². The topological polar surface area (TPSA) is 99.3 Å². The molecule has 14 heteroatoms. The van der Waals surface area contributed by atoms with Gasteiger partial charge < -0.3 is 10.1 Å². The van der Waals surface area contributed by atoms with Crippen molar-refractivity contribution in [1.82, 2.24) is 9.78 Å². The summed E-state index contributed by atoms with van der Waals surface area (Å²) in [7, 11) is 0. The molecule has 0 atom stereocenters. The van der Waals surface area contributed by atoms with Gasteiger partial charge in [-0.25, -0.2) is 0 Å². The first-order valence-electron chi connectivity index (χ1n) is 10.5. The zero-order valence-electron chi connectivity index (χ0n) is 18.1. The van der Waals surface area contributed by atoms with Crippen molar-refractivity contribution in [2.45, 2.75) is 37.9 Å². The van der Waals surface area contributed by atoms with Gasteiger partial charge in [-0.1, -0.05) is 34.8 Å². The number of ether oxygens (including phenoxy) is 1. The van der Waals surface area contributed by atoms with Crippen molar-refractivity contribution in [2.24, 2.45) is 0 Å². The van der Waals surface area contributed by atoms with E-state index in [1.807, 2.05) is 0 Å². The van der Waals surface area contributed by atoms with E-state index in [2.05, 4.69) is 10.4 Å². The van der Waals surface area contributed by atoms with E-state index in [9.17, 15) is 28.1 Å². The Morgan fingerprint density at radius 2 is 1.92 bits per heavy atom. The van der Waals surface area contributed by atoms with Crippen molar-refractivity contribution in [3.05, 3.63) is 73.0 Å². The molecule has 0 unspecified atom stereocenters. The summed E-state index contributed by atoms with van der Waals surface area (Å²) >= 11 is 17.9. The molecule has 0 aliphatic heterocycles. The van der Waals surface area contributed by atoms with Crippen LogP contribution in [0.2, 0.25) is 15.1 Å². The number of hydrogen-bond donors (Lipinski definition) is 1. The third-order valence-corrected chi connectivity index (χ3v) is 6.13. The second-order valence-corrected chi connectivity index (χ2v) is 9.21. The lowest BCUT2D eigenvalue weighted by molar-refractivity contribution is -0.384. The van der Waals surface area contributed by atoms with Gasteiger partial charge in [0.15, 0.2) is 5.69 Å². The molecule has 1 amide bonds. The Kier molecular flexibility index (Phi) is 7.35. The highest BCUT2D eigenvalue weighted by molar-refractivity contribution is 6.35. The van der Waals surface area contributed by atoms with Crippen LogP contribution in [0.1, 0.15) is 36.6 Å². The summed E-state index contributed by atoms with van der Waals surface area (Å²) in [6.45, 7) is -0.161. The molecule has 1 aromatic heterocycles. The number of nitro groups is 1. The number of carbonyl (C=O) groups is 1. The number of aromatic nitrogens is 2. The van der Waals surface area contributed by atoms with Crippen LogP contribution in [0, 0.1) is 10.1 Å². The van der Waals surface area contributed by atoms with Gasteiger partial charge in [0.1, 0.15) is 11.5 Å². The van der Waals surface area contributed by atoms with Gasteiger partial charge in [-0.05, 0) is 31.0 Å². The summed E-state index contributed by atoms with van der Waals surface area (Å²) < 4.78 is 46.4. The Balaban J connectivity index is 1.50. The SMILES string of the molecule is O=C(CCn1nc(C(F)(F)F)c(Cl)c1C1CC1)Nc1cc(Oc2ccc(Cl)cc2Cl)cc([N+](=O)[O-])c1. The van der Waals surface area contributed by atoms with Crippen LogP contribution >= 0.6 is 34.8 Å². The fourth-order valence-electron chi connectivity index (χ4n) is 3.49. The largest absolute Gasteiger partial charge is 0.455 e. The first-order chi connectivity index (χ1) is 16.9. The maximum absolute atomic E-state index is 13.2. The molecule has 0 spiro atoms. The van der Waals surface area contributed by atoms with E-state index in [0.717, 1.165) is 16.8 Å². The van der Waals surface area contributed by atoms with E-state index < -0.39 is 27.7 Å². The van der Waals surface area contributed by atoms with Crippen molar-refractivity contribution < 1.29 is 27.6 Å². The highest BCUT2D eigenvalue weighted by Gasteiger charge is 2.42. The maximum atomic E-state index is 13.2. The molecule has 1 N–H and O–H groups in total. The maximum Gasteiger partial charge on any atom is 0.436 e. The molecule has 1 fully saturated rings. The van der Waals surface area contributed by atoms with Crippen molar-refractivity contribution >= 4 is 52.1 Å². The van der Waals surface area contributed by atoms with Crippen molar-refractivity contribution in [2.75, 3.05) is 5.32 Å². The molecular weight excluding hydrogens is 548 g/mol. The van der Waals surface area contributed by atoms with Gasteiger partial charge in [0.2, 0.25) is 5.91 Å². The first-order valence-corrected chi connectivity index (χ1v) is 11.6. The monoisotopic (exact) mass is 562 g/mol. The summed E-state index contributed by atoms with van der Waals surface area (Å²) in [6.07, 6.45) is -3.61. The average molecular weight is 564 g/mol. The quantitative estimate of drug-likeness (QED) is 0.226. The smallest absolute Gasteiger partial charge is 0.436 e. The van der Waals surface area contributed by atoms with Gasteiger partial charge in [-0.2, -0.15) is 18.3 Å². The molecule has 36 heavy (non-hydrogen) atoms. The lowest BCUT2D eigenvalue weighted by Crippen LogP contribution is -2.16. The number of non-ortho nitro benzene ring substituents is 1. The van der Waals surface area contributed by atoms with E-state index in [1.165, 1.54) is 24.3 Å². The number of carbonyl (C=O) groups excluding carboxylic acids is 1. The van der Waals surface area contributed by atoms with Crippen LogP contribution in [0.5, 0.6) is 11.5 Å². The number of nitro benzene ring substituents is 1. The molecule has 0 radical (unpaired) electrons. The Morgan fingerprint density at radius 3 is 2.53 bits per heavy atom. The first kappa shape index (κ1) is 26.1. The molecular formula is C22H16Cl3F3N4O4. The molecule has 2 aromatic carbocycles. The van der Waals surface area contributed by atoms with E-state index in [1.54, 1.807) is 0 Å². The number of halogens is 6. The molecule has 190 valence electrons. The minimum absolute atomic E-state index is 0.0217. The van der Waals surface area contributed by atoms with Crippen LogP contribution in [0.25, 0.3) is 0 Å². The molecule has 8 nitrogen and oxygen atoms in total. The zero-order valence-corrected chi connectivity index (χ0v) is 20.4. The third-order valence-electron chi connectivity index (χ3n) is 5.22. The Morgan fingerprint density at radius 1 is 1.19 bits per heavy atom. The highest BCUT2D eigenvalue weighted by atomic mass is 35.5. The highest BCUT2D eigenvalue weighted by Crippen LogP contribution is 2.47. The second-order valence-electron chi connectivity index (χ2n) is 7.99. The fourth-order valence-corrected chi connectivity index (χ4v) is 4.33. The van der Waals surface area contributed by atoms with Gasteiger partial charge in [-0.3, -0.25) is 19.6 Å². The number of rotatable bonds is 8. The molecule has 0 saturated heterocycles. The average Bonchev–Trinajstić information content (AvgIpc) is 3.55. The van der Waals surface area contributed by atoms with Gasteiger partial charge in [0, 0.05) is 29.5 Å². The lowest BCUT2D eigenvalue weighted by Gasteiger charge is -2.11. The second kappa shape index (κ2) is 10.2. The number of aryl methyl sites for hydroxylation is 1. The van der Waals surface area contributed by atoms with Crippen molar-refractivity contribution in [1.29, 1.82) is 0 Å². The number of hydrogen-bond acceptors (Lipinski definition) is 5. The standard InChI is InChI=1S/C22H16Cl3F3N4O4/c23-12-3-4-17(16(24)7-12)36-15-9-13(8-14(10-15)32(34)35)29-18(33)5-6-31-20(11-1-2-11)19(25)21(30-31)22(26,27)28/h3-4,7-11H,1-2,5-6H2,(H,29,33). The molecule has 4 rings (SSSR count). The number of anilines is 1. The summed E-state index contributed by atoms with van der Waals surface area (Å²) in [5.41, 5.74) is -1.25. The van der Waals surface area contributed by atoms with Crippen LogP contribution in [0.4, 0.5) is 24.5 Å². The summed E-state index contributed by atoms with van der Waals surface area (Å²) in [5, 5.41) is 17.5. The Hall–Kier alpha value is -3.02. The predicted octanol–water partition coefficient (Wildman–Crippen LogP) is 7.47. The van der Waals surface area contributed by atoms with E-state index in [4.69, 9.17) is 39.5 Å². The molecule has 0 bridgehead atoms. The lowest BCUT2D eigenvalue weighted by atomic mass is 10.2. The molecule has 1 saturated carbocycles. The Bertz CT molecular complexity index is 1340. The fraction of sp³-hybridized carbons (Fsp3) is 0.273. The number of amides is 1. The van der Waals surface area contributed by atoms with Crippen LogP contribution < -0.4 is 10.1 Å². The molecule has 1 heterocycles. The summed E-state index contributed by atoms with van der Waals surface area (Å²) in [5.74, 6) is -0.538. The molecule has 1 aliphatic carbocycles. The van der Waals surface area contributed by atoms with E-state index in [0.29, 0.717) is 17.9 Å².